The van der Waals surface area contributed by atoms with E-state index in [9.17, 15) is 4.21 Å². The average Bonchev–Trinajstić information content (AvgIpc) is 3.10. The molecule has 0 fully saturated rings. The Morgan fingerprint density at radius 2 is 2.04 bits per heavy atom. The van der Waals surface area contributed by atoms with Crippen LogP contribution in [0.25, 0.3) is 0 Å². The lowest BCUT2D eigenvalue weighted by atomic mass is 10.2. The highest BCUT2D eigenvalue weighted by Gasteiger charge is 2.04. The first-order valence-corrected chi connectivity index (χ1v) is 11.4. The van der Waals surface area contributed by atoms with Gasteiger partial charge in [0.25, 0.3) is 0 Å². The van der Waals surface area contributed by atoms with E-state index in [2.05, 4.69) is 27.5 Å². The number of guanidine groups is 1. The van der Waals surface area contributed by atoms with E-state index >= 15 is 0 Å². The van der Waals surface area contributed by atoms with Crippen LogP contribution in [0, 0.1) is 0 Å². The molecule has 7 heteroatoms. The summed E-state index contributed by atoms with van der Waals surface area (Å²) in [5.41, 5.74) is 1.11. The first kappa shape index (κ1) is 20.6. The molecule has 1 heterocycles. The van der Waals surface area contributed by atoms with Crippen LogP contribution in [-0.2, 0) is 29.4 Å². The van der Waals surface area contributed by atoms with Crippen molar-refractivity contribution in [1.29, 1.82) is 0 Å². The van der Waals surface area contributed by atoms with Crippen LogP contribution in [0.15, 0.2) is 41.5 Å². The molecule has 0 radical (unpaired) electrons. The Balaban J connectivity index is 1.73. The molecule has 0 saturated heterocycles. The van der Waals surface area contributed by atoms with E-state index in [0.717, 1.165) is 42.5 Å². The maximum atomic E-state index is 12.2. The minimum atomic E-state index is -0.896. The largest absolute Gasteiger partial charge is 0.357 e. The van der Waals surface area contributed by atoms with Gasteiger partial charge in [-0.3, -0.25) is 9.20 Å². The smallest absolute Gasteiger partial charge is 0.191 e. The Morgan fingerprint density at radius 1 is 1.23 bits per heavy atom. The Kier molecular flexibility index (Phi) is 9.34. The zero-order valence-corrected chi connectivity index (χ0v) is 17.2. The fraction of sp³-hybridized carbons (Fsp3) is 0.474. The molecule has 1 aromatic carbocycles. The van der Waals surface area contributed by atoms with Crippen LogP contribution in [-0.4, -0.2) is 40.5 Å². The first-order chi connectivity index (χ1) is 12.7. The summed E-state index contributed by atoms with van der Waals surface area (Å²) in [6.07, 6.45) is 3.88. The van der Waals surface area contributed by atoms with Gasteiger partial charge in [0.15, 0.2) is 5.96 Å². The van der Waals surface area contributed by atoms with Crippen LogP contribution < -0.4 is 10.6 Å². The quantitative estimate of drug-likeness (QED) is 0.482. The summed E-state index contributed by atoms with van der Waals surface area (Å²) in [6, 6.07) is 9.94. The molecule has 0 aliphatic rings. The number of benzene rings is 1. The molecule has 0 spiro atoms. The van der Waals surface area contributed by atoms with Gasteiger partial charge < -0.3 is 10.6 Å². The number of thiazole rings is 1. The van der Waals surface area contributed by atoms with Gasteiger partial charge in [-0.25, -0.2) is 4.98 Å². The van der Waals surface area contributed by atoms with E-state index in [0.29, 0.717) is 18.1 Å². The van der Waals surface area contributed by atoms with E-state index in [4.69, 9.17) is 0 Å². The highest BCUT2D eigenvalue weighted by Crippen LogP contribution is 2.13. The van der Waals surface area contributed by atoms with E-state index in [1.54, 1.807) is 11.3 Å². The minimum Gasteiger partial charge on any atom is -0.357 e. The molecular weight excluding hydrogens is 364 g/mol. The van der Waals surface area contributed by atoms with Crippen LogP contribution in [0.5, 0.6) is 0 Å². The highest BCUT2D eigenvalue weighted by atomic mass is 32.2. The summed E-state index contributed by atoms with van der Waals surface area (Å²) in [4.78, 5) is 10.3. The zero-order chi connectivity index (χ0) is 18.6. The molecule has 26 heavy (non-hydrogen) atoms. The van der Waals surface area contributed by atoms with E-state index in [-0.39, 0.29) is 0 Å². The van der Waals surface area contributed by atoms with Gasteiger partial charge in [-0.05, 0) is 18.9 Å². The van der Waals surface area contributed by atoms with Crippen molar-refractivity contribution in [3.63, 3.8) is 0 Å². The molecule has 0 amide bonds. The Hall–Kier alpha value is -1.73. The molecule has 0 saturated carbocycles. The van der Waals surface area contributed by atoms with E-state index in [1.807, 2.05) is 43.5 Å². The molecule has 142 valence electrons. The second kappa shape index (κ2) is 11.8. The fourth-order valence-corrected chi connectivity index (χ4v) is 4.21. The van der Waals surface area contributed by atoms with Crippen LogP contribution in [0.2, 0.25) is 0 Å². The predicted octanol–water partition coefficient (Wildman–Crippen LogP) is 2.75. The van der Waals surface area contributed by atoms with Crippen molar-refractivity contribution in [3.8, 4) is 0 Å². The minimum absolute atomic E-state index is 0.548. The van der Waals surface area contributed by atoms with Crippen molar-refractivity contribution in [2.45, 2.75) is 32.4 Å². The molecule has 1 atom stereocenters. The van der Waals surface area contributed by atoms with Crippen LogP contribution in [0.3, 0.4) is 0 Å². The molecule has 0 aliphatic heterocycles. The summed E-state index contributed by atoms with van der Waals surface area (Å²) in [5.74, 6) is 1.93. The molecule has 2 aromatic rings. The van der Waals surface area contributed by atoms with Crippen molar-refractivity contribution < 1.29 is 4.21 Å². The first-order valence-electron chi connectivity index (χ1n) is 9.06. The van der Waals surface area contributed by atoms with Gasteiger partial charge in [0.1, 0.15) is 0 Å². The van der Waals surface area contributed by atoms with Crippen molar-refractivity contribution >= 4 is 28.1 Å². The van der Waals surface area contributed by atoms with Crippen LogP contribution in [0.4, 0.5) is 0 Å². The van der Waals surface area contributed by atoms with Gasteiger partial charge >= 0.3 is 0 Å². The number of aromatic nitrogens is 1. The highest BCUT2D eigenvalue weighted by molar-refractivity contribution is 7.84. The summed E-state index contributed by atoms with van der Waals surface area (Å²) in [6.45, 7) is 6.32. The van der Waals surface area contributed by atoms with Crippen molar-refractivity contribution in [2.24, 2.45) is 4.99 Å². The predicted molar refractivity (Wildman–Crippen MR) is 112 cm³/mol. The maximum absolute atomic E-state index is 12.2. The van der Waals surface area contributed by atoms with Gasteiger partial charge in [-0.2, -0.15) is 0 Å². The number of rotatable bonds is 10. The monoisotopic (exact) mass is 392 g/mol. The number of aliphatic imine (C=N–C) groups is 1. The van der Waals surface area contributed by atoms with Gasteiger partial charge in [-0.15, -0.1) is 11.3 Å². The molecule has 0 aliphatic carbocycles. The van der Waals surface area contributed by atoms with Gasteiger partial charge in [0.2, 0.25) is 0 Å². The van der Waals surface area contributed by atoms with Gasteiger partial charge in [-0.1, -0.05) is 37.3 Å². The van der Waals surface area contributed by atoms with Gasteiger partial charge in [0, 0.05) is 52.9 Å². The maximum Gasteiger partial charge on any atom is 0.191 e. The average molecular weight is 393 g/mol. The second-order valence-electron chi connectivity index (χ2n) is 5.79. The third-order valence-corrected chi connectivity index (χ3v) is 6.18. The topological polar surface area (TPSA) is 66.4 Å². The number of hydrogen-bond acceptors (Lipinski definition) is 4. The molecule has 1 unspecified atom stereocenters. The normalized spacial score (nSPS) is 12.8. The molecule has 5 nitrogen and oxygen atoms in total. The summed E-state index contributed by atoms with van der Waals surface area (Å²) in [5, 5.41) is 7.71. The zero-order valence-electron chi connectivity index (χ0n) is 15.5. The lowest BCUT2D eigenvalue weighted by Gasteiger charge is -2.10. The van der Waals surface area contributed by atoms with Gasteiger partial charge in [0.05, 0.1) is 11.6 Å². The van der Waals surface area contributed by atoms with Crippen LogP contribution >= 0.6 is 11.3 Å². The number of hydrogen-bond donors (Lipinski definition) is 2. The third-order valence-electron chi connectivity index (χ3n) is 3.68. The van der Waals surface area contributed by atoms with Crippen molar-refractivity contribution in [2.75, 3.05) is 25.4 Å². The summed E-state index contributed by atoms with van der Waals surface area (Å²) in [7, 11) is -0.896. The lowest BCUT2D eigenvalue weighted by molar-refractivity contribution is 0.682. The number of nitrogens with zero attached hydrogens (tertiary/aromatic N) is 2. The number of nitrogens with one attached hydrogen (secondary N) is 2. The second-order valence-corrected chi connectivity index (χ2v) is 8.56. The van der Waals surface area contributed by atoms with Crippen molar-refractivity contribution in [1.82, 2.24) is 15.6 Å². The van der Waals surface area contributed by atoms with Crippen molar-refractivity contribution in [3.05, 3.63) is 52.0 Å². The SMILES string of the molecule is CCNC(=NCCS(=O)Cc1ccccc1)NCCc1ncc(CC)s1. The molecular formula is C19H28N4OS2. The Labute approximate surface area is 162 Å². The molecule has 1 aromatic heterocycles. The molecule has 2 N–H and O–H groups in total. The fourth-order valence-electron chi connectivity index (χ4n) is 2.35. The Morgan fingerprint density at radius 3 is 2.73 bits per heavy atom. The Bertz CT molecular complexity index is 701. The third kappa shape index (κ3) is 7.66. The van der Waals surface area contributed by atoms with E-state index in [1.165, 1.54) is 4.88 Å². The standard InChI is InChI=1S/C19H28N4OS2/c1-3-17-14-23-18(25-17)10-11-21-19(20-4-2)22-12-13-26(24)15-16-8-6-5-7-9-16/h5-9,14H,3-4,10-13,15H2,1-2H3,(H2,20,21,22). The molecule has 2 rings (SSSR count). The number of aryl methyl sites for hydroxylation is 1. The van der Waals surface area contributed by atoms with Crippen LogP contribution in [0.1, 0.15) is 29.3 Å². The lowest BCUT2D eigenvalue weighted by Crippen LogP contribution is -2.38. The summed E-state index contributed by atoms with van der Waals surface area (Å²) >= 11 is 1.77. The molecule has 0 bridgehead atoms. The van der Waals surface area contributed by atoms with E-state index < -0.39 is 10.8 Å². The summed E-state index contributed by atoms with van der Waals surface area (Å²) < 4.78 is 12.2.